The molecule has 0 aliphatic rings. The fourth-order valence-electron chi connectivity index (χ4n) is 1.78. The molecule has 0 radical (unpaired) electrons. The smallest absolute Gasteiger partial charge is 0.161 e. The number of hydrogen-bond acceptors (Lipinski definition) is 3. The predicted octanol–water partition coefficient (Wildman–Crippen LogP) is 4.29. The number of hydrogen-bond donors (Lipinski definition) is 0. The van der Waals surface area contributed by atoms with E-state index >= 15 is 0 Å². The van der Waals surface area contributed by atoms with Crippen LogP contribution in [0.15, 0.2) is 35.0 Å². The Morgan fingerprint density at radius 3 is 2.56 bits per heavy atom. The molecule has 1 unspecified atom stereocenters. The van der Waals surface area contributed by atoms with E-state index in [2.05, 4.69) is 16.8 Å². The van der Waals surface area contributed by atoms with Crippen LogP contribution in [0.3, 0.4) is 0 Å². The Hall–Kier alpha value is -1.19. The SMILES string of the molecule is COc1ccc(C(Cl)Cc2ccsc2)cc1OC. The minimum Gasteiger partial charge on any atom is -0.493 e. The molecule has 0 aliphatic carbocycles. The van der Waals surface area contributed by atoms with Gasteiger partial charge in [-0.25, -0.2) is 0 Å². The summed E-state index contributed by atoms with van der Waals surface area (Å²) in [5.41, 5.74) is 2.30. The first-order chi connectivity index (χ1) is 8.74. The molecule has 1 aromatic heterocycles. The van der Waals surface area contributed by atoms with Crippen LogP contribution >= 0.6 is 22.9 Å². The highest BCUT2D eigenvalue weighted by Crippen LogP contribution is 2.33. The number of halogens is 1. The van der Waals surface area contributed by atoms with E-state index in [1.165, 1.54) is 5.56 Å². The van der Waals surface area contributed by atoms with Gasteiger partial charge in [-0.05, 0) is 46.5 Å². The minimum atomic E-state index is -0.0561. The first-order valence-corrected chi connectivity index (χ1v) is 6.99. The van der Waals surface area contributed by atoms with Gasteiger partial charge < -0.3 is 9.47 Å². The van der Waals surface area contributed by atoms with Gasteiger partial charge in [0.05, 0.1) is 19.6 Å². The second-order valence-electron chi connectivity index (χ2n) is 3.92. The van der Waals surface area contributed by atoms with Gasteiger partial charge in [0.1, 0.15) is 0 Å². The Balaban J connectivity index is 2.17. The lowest BCUT2D eigenvalue weighted by molar-refractivity contribution is 0.354. The van der Waals surface area contributed by atoms with Gasteiger partial charge in [-0.2, -0.15) is 11.3 Å². The maximum absolute atomic E-state index is 6.43. The minimum absolute atomic E-state index is 0.0561. The van der Waals surface area contributed by atoms with Crippen molar-refractivity contribution in [1.29, 1.82) is 0 Å². The quantitative estimate of drug-likeness (QED) is 0.762. The maximum atomic E-state index is 6.43. The average Bonchev–Trinajstić information content (AvgIpc) is 2.90. The molecule has 0 N–H and O–H groups in total. The average molecular weight is 283 g/mol. The summed E-state index contributed by atoms with van der Waals surface area (Å²) in [6, 6.07) is 7.90. The second kappa shape index (κ2) is 6.12. The third kappa shape index (κ3) is 2.98. The molecule has 96 valence electrons. The normalized spacial score (nSPS) is 12.2. The molecule has 0 aliphatic heterocycles. The Kier molecular flexibility index (Phi) is 4.50. The zero-order chi connectivity index (χ0) is 13.0. The van der Waals surface area contributed by atoms with Gasteiger partial charge in [0.2, 0.25) is 0 Å². The third-order valence-electron chi connectivity index (χ3n) is 2.76. The molecule has 1 heterocycles. The molecule has 18 heavy (non-hydrogen) atoms. The lowest BCUT2D eigenvalue weighted by atomic mass is 10.1. The fraction of sp³-hybridized carbons (Fsp3) is 0.286. The number of thiophene rings is 1. The lowest BCUT2D eigenvalue weighted by Gasteiger charge is -2.13. The van der Waals surface area contributed by atoms with E-state index in [1.807, 2.05) is 18.2 Å². The molecule has 0 spiro atoms. The monoisotopic (exact) mass is 282 g/mol. The zero-order valence-corrected chi connectivity index (χ0v) is 11.9. The summed E-state index contributed by atoms with van der Waals surface area (Å²) in [4.78, 5) is 0. The van der Waals surface area contributed by atoms with Crippen LogP contribution in [-0.4, -0.2) is 14.2 Å². The van der Waals surface area contributed by atoms with Crippen LogP contribution in [0.4, 0.5) is 0 Å². The Labute approximate surface area is 116 Å². The molecule has 2 nitrogen and oxygen atoms in total. The molecule has 2 rings (SSSR count). The van der Waals surface area contributed by atoms with E-state index in [0.717, 1.165) is 17.7 Å². The topological polar surface area (TPSA) is 18.5 Å². The third-order valence-corrected chi connectivity index (χ3v) is 3.90. The number of alkyl halides is 1. The van der Waals surface area contributed by atoms with E-state index in [0.29, 0.717) is 5.75 Å². The van der Waals surface area contributed by atoms with Crippen LogP contribution in [0.2, 0.25) is 0 Å². The van der Waals surface area contributed by atoms with Crippen LogP contribution in [0.1, 0.15) is 16.5 Å². The number of rotatable bonds is 5. The number of benzene rings is 1. The van der Waals surface area contributed by atoms with E-state index in [1.54, 1.807) is 25.6 Å². The van der Waals surface area contributed by atoms with Gasteiger partial charge >= 0.3 is 0 Å². The van der Waals surface area contributed by atoms with Crippen molar-refractivity contribution >= 4 is 22.9 Å². The van der Waals surface area contributed by atoms with Gasteiger partial charge in [0, 0.05) is 0 Å². The van der Waals surface area contributed by atoms with Crippen molar-refractivity contribution in [3.05, 3.63) is 46.2 Å². The predicted molar refractivity (Wildman–Crippen MR) is 76.2 cm³/mol. The molecule has 1 atom stereocenters. The first-order valence-electron chi connectivity index (χ1n) is 5.61. The number of methoxy groups -OCH3 is 2. The van der Waals surface area contributed by atoms with Crippen molar-refractivity contribution in [3.8, 4) is 11.5 Å². The second-order valence-corrected chi connectivity index (χ2v) is 5.22. The van der Waals surface area contributed by atoms with Crippen LogP contribution in [-0.2, 0) is 6.42 Å². The van der Waals surface area contributed by atoms with E-state index in [9.17, 15) is 0 Å². The standard InChI is InChI=1S/C14H15ClO2S/c1-16-13-4-3-11(8-14(13)17-2)12(15)7-10-5-6-18-9-10/h3-6,8-9,12H,7H2,1-2H3. The van der Waals surface area contributed by atoms with E-state index < -0.39 is 0 Å². The Morgan fingerprint density at radius 2 is 1.94 bits per heavy atom. The Bertz CT molecular complexity index is 497. The highest BCUT2D eigenvalue weighted by Gasteiger charge is 2.12. The van der Waals surface area contributed by atoms with Crippen molar-refractivity contribution in [1.82, 2.24) is 0 Å². The van der Waals surface area contributed by atoms with Crippen molar-refractivity contribution < 1.29 is 9.47 Å². The van der Waals surface area contributed by atoms with Gasteiger partial charge in [0.25, 0.3) is 0 Å². The molecule has 0 saturated heterocycles. The first kappa shape index (κ1) is 13.2. The molecule has 0 fully saturated rings. The molecular weight excluding hydrogens is 268 g/mol. The molecule has 0 bridgehead atoms. The highest BCUT2D eigenvalue weighted by molar-refractivity contribution is 7.07. The van der Waals surface area contributed by atoms with Crippen molar-refractivity contribution in [2.24, 2.45) is 0 Å². The summed E-state index contributed by atoms with van der Waals surface area (Å²) < 4.78 is 10.5. The largest absolute Gasteiger partial charge is 0.493 e. The highest BCUT2D eigenvalue weighted by atomic mass is 35.5. The van der Waals surface area contributed by atoms with Crippen LogP contribution in [0.25, 0.3) is 0 Å². The van der Waals surface area contributed by atoms with Gasteiger partial charge in [-0.15, -0.1) is 11.6 Å². The summed E-state index contributed by atoms with van der Waals surface area (Å²) in [7, 11) is 3.25. The maximum Gasteiger partial charge on any atom is 0.161 e. The van der Waals surface area contributed by atoms with Crippen LogP contribution in [0.5, 0.6) is 11.5 Å². The summed E-state index contributed by atoms with van der Waals surface area (Å²) >= 11 is 8.12. The zero-order valence-electron chi connectivity index (χ0n) is 10.4. The van der Waals surface area contributed by atoms with Gasteiger partial charge in [0.15, 0.2) is 11.5 Å². The lowest BCUT2D eigenvalue weighted by Crippen LogP contribution is -1.97. The fourth-order valence-corrected chi connectivity index (χ4v) is 2.78. The summed E-state index contributed by atoms with van der Waals surface area (Å²) in [6.07, 6.45) is 0.820. The van der Waals surface area contributed by atoms with Crippen LogP contribution < -0.4 is 9.47 Å². The van der Waals surface area contributed by atoms with Crippen molar-refractivity contribution in [2.75, 3.05) is 14.2 Å². The van der Waals surface area contributed by atoms with Gasteiger partial charge in [-0.3, -0.25) is 0 Å². The molecular formula is C14H15ClO2S. The molecule has 0 saturated carbocycles. The molecule has 2 aromatic rings. The van der Waals surface area contributed by atoms with Crippen LogP contribution in [0, 0.1) is 0 Å². The van der Waals surface area contributed by atoms with Gasteiger partial charge in [-0.1, -0.05) is 6.07 Å². The summed E-state index contributed by atoms with van der Waals surface area (Å²) in [5, 5.41) is 4.13. The molecule has 1 aromatic carbocycles. The Morgan fingerprint density at radius 1 is 1.17 bits per heavy atom. The summed E-state index contributed by atoms with van der Waals surface area (Å²) in [5.74, 6) is 1.44. The van der Waals surface area contributed by atoms with Crippen molar-refractivity contribution in [3.63, 3.8) is 0 Å². The van der Waals surface area contributed by atoms with E-state index in [4.69, 9.17) is 21.1 Å². The number of ether oxygens (including phenoxy) is 2. The molecule has 4 heteroatoms. The van der Waals surface area contributed by atoms with E-state index in [-0.39, 0.29) is 5.38 Å². The molecule has 0 amide bonds. The van der Waals surface area contributed by atoms with Crippen molar-refractivity contribution in [2.45, 2.75) is 11.8 Å². The summed E-state index contributed by atoms with van der Waals surface area (Å²) in [6.45, 7) is 0.